The van der Waals surface area contributed by atoms with Crippen LogP contribution in [0.15, 0.2) is 23.6 Å². The second-order valence-corrected chi connectivity index (χ2v) is 8.66. The van der Waals surface area contributed by atoms with E-state index in [1.807, 2.05) is 16.3 Å². The van der Waals surface area contributed by atoms with Crippen LogP contribution < -0.4 is 5.32 Å². The topological polar surface area (TPSA) is 62.3 Å². The molecule has 144 valence electrons. The highest BCUT2D eigenvalue weighted by atomic mass is 32.2. The van der Waals surface area contributed by atoms with Gasteiger partial charge < -0.3 is 10.2 Å². The molecule has 0 bridgehead atoms. The van der Waals surface area contributed by atoms with Crippen LogP contribution in [0.2, 0.25) is 0 Å². The summed E-state index contributed by atoms with van der Waals surface area (Å²) in [4.78, 5) is 30.7. The zero-order chi connectivity index (χ0) is 19.2. The van der Waals surface area contributed by atoms with Crippen molar-refractivity contribution >= 4 is 40.0 Å². The van der Waals surface area contributed by atoms with Crippen molar-refractivity contribution in [3.05, 3.63) is 34.7 Å². The van der Waals surface area contributed by atoms with E-state index in [-0.39, 0.29) is 17.6 Å². The number of nitrogens with zero attached hydrogens (tertiary/aromatic N) is 2. The Labute approximate surface area is 168 Å². The Morgan fingerprint density at radius 2 is 1.93 bits per heavy atom. The van der Waals surface area contributed by atoms with Crippen molar-refractivity contribution in [1.82, 2.24) is 9.88 Å². The SMILES string of the molecule is Cc1ccc(-c2csc(NC(=O)CSCC(=O)N3CCCCC3)n2)cc1C. The van der Waals surface area contributed by atoms with E-state index in [0.29, 0.717) is 10.9 Å². The van der Waals surface area contributed by atoms with E-state index in [0.717, 1.165) is 37.2 Å². The summed E-state index contributed by atoms with van der Waals surface area (Å²) in [6.45, 7) is 5.87. The Balaban J connectivity index is 1.46. The molecule has 5 nitrogen and oxygen atoms in total. The molecule has 0 saturated carbocycles. The number of hydrogen-bond acceptors (Lipinski definition) is 5. The fraction of sp³-hybridized carbons (Fsp3) is 0.450. The van der Waals surface area contributed by atoms with Crippen molar-refractivity contribution in [2.45, 2.75) is 33.1 Å². The summed E-state index contributed by atoms with van der Waals surface area (Å²) in [6, 6.07) is 6.24. The van der Waals surface area contributed by atoms with Crippen molar-refractivity contribution in [3.8, 4) is 11.3 Å². The Bertz CT molecular complexity index is 813. The number of benzene rings is 1. The third-order valence-electron chi connectivity index (χ3n) is 4.72. The number of aromatic nitrogens is 1. The molecule has 0 radical (unpaired) electrons. The molecule has 0 aliphatic carbocycles. The fourth-order valence-electron chi connectivity index (χ4n) is 2.99. The van der Waals surface area contributed by atoms with Gasteiger partial charge in [0.15, 0.2) is 5.13 Å². The van der Waals surface area contributed by atoms with Gasteiger partial charge in [-0.15, -0.1) is 23.1 Å². The van der Waals surface area contributed by atoms with Gasteiger partial charge in [0.05, 0.1) is 17.2 Å². The number of aryl methyl sites for hydroxylation is 2. The maximum Gasteiger partial charge on any atom is 0.236 e. The zero-order valence-corrected chi connectivity index (χ0v) is 17.4. The van der Waals surface area contributed by atoms with Crippen LogP contribution in [0.1, 0.15) is 30.4 Å². The summed E-state index contributed by atoms with van der Waals surface area (Å²) in [5.41, 5.74) is 4.39. The lowest BCUT2D eigenvalue weighted by atomic mass is 10.1. The fourth-order valence-corrected chi connectivity index (χ4v) is 4.44. The lowest BCUT2D eigenvalue weighted by molar-refractivity contribution is -0.129. The molecule has 3 rings (SSSR count). The van der Waals surface area contributed by atoms with E-state index in [2.05, 4.69) is 36.3 Å². The predicted molar refractivity (Wildman–Crippen MR) is 113 cm³/mol. The number of likely N-dealkylation sites (tertiary alicyclic amines) is 1. The predicted octanol–water partition coefficient (Wildman–Crippen LogP) is 4.11. The number of nitrogens with one attached hydrogen (secondary N) is 1. The van der Waals surface area contributed by atoms with Crippen LogP contribution in [0.3, 0.4) is 0 Å². The van der Waals surface area contributed by atoms with Crippen molar-refractivity contribution in [3.63, 3.8) is 0 Å². The number of piperidine rings is 1. The van der Waals surface area contributed by atoms with Gasteiger partial charge in [0.1, 0.15) is 0 Å². The molecule has 1 saturated heterocycles. The molecule has 1 aromatic heterocycles. The van der Waals surface area contributed by atoms with Gasteiger partial charge in [-0.2, -0.15) is 0 Å². The van der Waals surface area contributed by atoms with E-state index in [9.17, 15) is 9.59 Å². The largest absolute Gasteiger partial charge is 0.342 e. The molecule has 0 atom stereocenters. The molecule has 1 aromatic carbocycles. The highest BCUT2D eigenvalue weighted by molar-refractivity contribution is 8.00. The molecule has 1 aliphatic rings. The average Bonchev–Trinajstić information content (AvgIpc) is 3.13. The van der Waals surface area contributed by atoms with Crippen LogP contribution in [0.25, 0.3) is 11.3 Å². The van der Waals surface area contributed by atoms with E-state index in [1.165, 1.54) is 40.6 Å². The maximum atomic E-state index is 12.1. The number of thioether (sulfide) groups is 1. The van der Waals surface area contributed by atoms with Crippen LogP contribution in [0.5, 0.6) is 0 Å². The summed E-state index contributed by atoms with van der Waals surface area (Å²) in [7, 11) is 0. The van der Waals surface area contributed by atoms with E-state index in [4.69, 9.17) is 0 Å². The van der Waals surface area contributed by atoms with Crippen LogP contribution in [0, 0.1) is 13.8 Å². The zero-order valence-electron chi connectivity index (χ0n) is 15.8. The van der Waals surface area contributed by atoms with Crippen LogP contribution >= 0.6 is 23.1 Å². The van der Waals surface area contributed by atoms with Gasteiger partial charge >= 0.3 is 0 Å². The minimum absolute atomic E-state index is 0.118. The lowest BCUT2D eigenvalue weighted by Gasteiger charge is -2.26. The molecular formula is C20H25N3O2S2. The highest BCUT2D eigenvalue weighted by Crippen LogP contribution is 2.26. The van der Waals surface area contributed by atoms with E-state index in [1.54, 1.807) is 0 Å². The van der Waals surface area contributed by atoms with Gasteiger partial charge in [-0.25, -0.2) is 4.98 Å². The quantitative estimate of drug-likeness (QED) is 0.788. The van der Waals surface area contributed by atoms with Gasteiger partial charge in [0, 0.05) is 24.0 Å². The van der Waals surface area contributed by atoms with E-state index >= 15 is 0 Å². The first-order valence-electron chi connectivity index (χ1n) is 9.21. The molecule has 2 amide bonds. The van der Waals surface area contributed by atoms with Crippen LogP contribution in [-0.4, -0.2) is 46.3 Å². The molecule has 0 spiro atoms. The van der Waals surface area contributed by atoms with Crippen molar-refractivity contribution in [2.75, 3.05) is 29.9 Å². The number of rotatable bonds is 6. The van der Waals surface area contributed by atoms with Crippen molar-refractivity contribution < 1.29 is 9.59 Å². The molecule has 2 aromatic rings. The molecule has 2 heterocycles. The lowest BCUT2D eigenvalue weighted by Crippen LogP contribution is -2.37. The Morgan fingerprint density at radius 1 is 1.15 bits per heavy atom. The molecule has 1 aliphatic heterocycles. The third kappa shape index (κ3) is 5.56. The summed E-state index contributed by atoms with van der Waals surface area (Å²) in [5.74, 6) is 0.642. The third-order valence-corrected chi connectivity index (χ3v) is 6.40. The molecule has 27 heavy (non-hydrogen) atoms. The summed E-state index contributed by atoms with van der Waals surface area (Å²) < 4.78 is 0. The number of thiazole rings is 1. The van der Waals surface area contributed by atoms with Gasteiger partial charge in [-0.3, -0.25) is 9.59 Å². The smallest absolute Gasteiger partial charge is 0.236 e. The highest BCUT2D eigenvalue weighted by Gasteiger charge is 2.17. The van der Waals surface area contributed by atoms with Crippen molar-refractivity contribution in [1.29, 1.82) is 0 Å². The molecule has 0 unspecified atom stereocenters. The molecule has 1 N–H and O–H groups in total. The maximum absolute atomic E-state index is 12.1. The first-order valence-corrected chi connectivity index (χ1v) is 11.2. The minimum atomic E-state index is -0.118. The minimum Gasteiger partial charge on any atom is -0.342 e. The van der Waals surface area contributed by atoms with Gasteiger partial charge in [-0.1, -0.05) is 12.1 Å². The first kappa shape index (κ1) is 19.9. The Morgan fingerprint density at radius 3 is 2.67 bits per heavy atom. The Hall–Kier alpha value is -1.86. The molecule has 1 fully saturated rings. The Kier molecular flexibility index (Phi) is 6.90. The number of hydrogen-bond donors (Lipinski definition) is 1. The monoisotopic (exact) mass is 403 g/mol. The molecule has 7 heteroatoms. The normalized spacial score (nSPS) is 14.2. The van der Waals surface area contributed by atoms with E-state index < -0.39 is 0 Å². The molecular weight excluding hydrogens is 378 g/mol. The van der Waals surface area contributed by atoms with Crippen LogP contribution in [-0.2, 0) is 9.59 Å². The summed E-state index contributed by atoms with van der Waals surface area (Å²) >= 11 is 2.78. The summed E-state index contributed by atoms with van der Waals surface area (Å²) in [5, 5.41) is 5.38. The van der Waals surface area contributed by atoms with Gasteiger partial charge in [0.25, 0.3) is 0 Å². The number of carbonyl (C=O) groups is 2. The second kappa shape index (κ2) is 9.37. The second-order valence-electron chi connectivity index (χ2n) is 6.82. The standard InChI is InChI=1S/C20H25N3O2S2/c1-14-6-7-16(10-15(14)2)17-11-27-20(21-17)22-18(24)12-26-13-19(25)23-8-4-3-5-9-23/h6-7,10-11H,3-5,8-9,12-13H2,1-2H3,(H,21,22,24). The van der Waals surface area contributed by atoms with Crippen LogP contribution in [0.4, 0.5) is 5.13 Å². The van der Waals surface area contributed by atoms with Crippen molar-refractivity contribution in [2.24, 2.45) is 0 Å². The first-order chi connectivity index (χ1) is 13.0. The van der Waals surface area contributed by atoms with Gasteiger partial charge in [-0.05, 0) is 50.3 Å². The number of anilines is 1. The average molecular weight is 404 g/mol. The summed E-state index contributed by atoms with van der Waals surface area (Å²) in [6.07, 6.45) is 3.38. The number of amides is 2. The number of carbonyl (C=O) groups excluding carboxylic acids is 2. The van der Waals surface area contributed by atoms with Gasteiger partial charge in [0.2, 0.25) is 11.8 Å².